The molecule has 0 amide bonds. The topological polar surface area (TPSA) is 81.6 Å². The van der Waals surface area contributed by atoms with Gasteiger partial charge in [0.25, 0.3) is 0 Å². The molecule has 1 saturated carbocycles. The van der Waals surface area contributed by atoms with Gasteiger partial charge in [0.1, 0.15) is 18.4 Å². The van der Waals surface area contributed by atoms with E-state index in [9.17, 15) is 9.90 Å². The molecule has 7 nitrogen and oxygen atoms in total. The maximum absolute atomic E-state index is 12.4. The minimum Gasteiger partial charge on any atom is -0.387 e. The molecule has 2 N–H and O–H groups in total. The highest BCUT2D eigenvalue weighted by molar-refractivity contribution is 6.30. The van der Waals surface area contributed by atoms with E-state index in [1.165, 1.54) is 19.3 Å². The Bertz CT molecular complexity index is 1010. The first kappa shape index (κ1) is 24.6. The lowest BCUT2D eigenvalue weighted by molar-refractivity contribution is -0.111. The van der Waals surface area contributed by atoms with Gasteiger partial charge in [0.2, 0.25) is 0 Å². The standard InChI is InChI=1S/C27H36ClN5O2/c1-18-15-23(35)25-24(18)27(30-17-29-25)33-13-11-32(12-14-33)26(31-21-5-3-2-4-6-21)22(16-34)19-7-9-20(28)10-8-19/h7-10,16-18,21-23,26,31,35H,2-6,11-15H2,1H3/t18-,22?,23-,26?/m1/s1. The van der Waals surface area contributed by atoms with Crippen molar-refractivity contribution in [2.45, 2.75) is 75.6 Å². The average molecular weight is 498 g/mol. The van der Waals surface area contributed by atoms with Gasteiger partial charge in [-0.25, -0.2) is 9.97 Å². The molecule has 188 valence electrons. The van der Waals surface area contributed by atoms with Crippen LogP contribution < -0.4 is 10.2 Å². The summed E-state index contributed by atoms with van der Waals surface area (Å²) in [6, 6.07) is 8.13. The van der Waals surface area contributed by atoms with Crippen molar-refractivity contribution in [1.29, 1.82) is 0 Å². The lowest BCUT2D eigenvalue weighted by atomic mass is 9.91. The van der Waals surface area contributed by atoms with Gasteiger partial charge in [0, 0.05) is 42.8 Å². The van der Waals surface area contributed by atoms with Gasteiger partial charge < -0.3 is 14.8 Å². The van der Waals surface area contributed by atoms with Crippen molar-refractivity contribution in [1.82, 2.24) is 20.2 Å². The molecule has 2 unspecified atom stereocenters. The van der Waals surface area contributed by atoms with Crippen LogP contribution in [0.25, 0.3) is 0 Å². The van der Waals surface area contributed by atoms with E-state index >= 15 is 0 Å². The van der Waals surface area contributed by atoms with E-state index < -0.39 is 6.10 Å². The number of hydrogen-bond acceptors (Lipinski definition) is 7. The van der Waals surface area contributed by atoms with Gasteiger partial charge in [-0.3, -0.25) is 10.2 Å². The second-order valence-electron chi connectivity index (χ2n) is 10.3. The van der Waals surface area contributed by atoms with E-state index in [2.05, 4.69) is 32.0 Å². The fourth-order valence-corrected chi connectivity index (χ4v) is 6.26. The minimum atomic E-state index is -0.500. The van der Waals surface area contributed by atoms with Crippen LogP contribution >= 0.6 is 11.6 Å². The predicted octanol–water partition coefficient (Wildman–Crippen LogP) is 4.02. The van der Waals surface area contributed by atoms with Crippen molar-refractivity contribution in [3.63, 3.8) is 0 Å². The Morgan fingerprint density at radius 2 is 1.80 bits per heavy atom. The number of piperazine rings is 1. The molecule has 3 aliphatic rings. The summed E-state index contributed by atoms with van der Waals surface area (Å²) in [6.45, 7) is 5.45. The smallest absolute Gasteiger partial charge is 0.135 e. The van der Waals surface area contributed by atoms with Crippen molar-refractivity contribution in [3.05, 3.63) is 52.4 Å². The van der Waals surface area contributed by atoms with Crippen LogP contribution in [0.1, 0.15) is 80.2 Å². The minimum absolute atomic E-state index is 0.0595. The number of carbonyl (C=O) groups is 1. The Kier molecular flexibility index (Phi) is 7.68. The molecule has 5 rings (SSSR count). The zero-order valence-electron chi connectivity index (χ0n) is 20.4. The van der Waals surface area contributed by atoms with Gasteiger partial charge in [-0.05, 0) is 42.9 Å². The summed E-state index contributed by atoms with van der Waals surface area (Å²) in [5, 5.41) is 15.0. The highest BCUT2D eigenvalue weighted by Crippen LogP contribution is 2.43. The number of anilines is 1. The van der Waals surface area contributed by atoms with E-state index in [4.69, 9.17) is 11.6 Å². The summed E-state index contributed by atoms with van der Waals surface area (Å²) in [4.78, 5) is 26.2. The number of fused-ring (bicyclic) bond motifs is 1. The van der Waals surface area contributed by atoms with Gasteiger partial charge >= 0.3 is 0 Å². The molecular formula is C27H36ClN5O2. The zero-order valence-corrected chi connectivity index (χ0v) is 21.2. The van der Waals surface area contributed by atoms with Gasteiger partial charge in [0.15, 0.2) is 0 Å². The zero-order chi connectivity index (χ0) is 24.4. The number of carbonyl (C=O) groups excluding carboxylic acids is 1. The Balaban J connectivity index is 1.35. The molecule has 0 bridgehead atoms. The van der Waals surface area contributed by atoms with E-state index in [-0.39, 0.29) is 18.0 Å². The Hall–Kier alpha value is -2.06. The van der Waals surface area contributed by atoms with Crippen LogP contribution in [0.4, 0.5) is 5.82 Å². The van der Waals surface area contributed by atoms with Crippen LogP contribution in [0, 0.1) is 0 Å². The van der Waals surface area contributed by atoms with Crippen LogP contribution in [-0.4, -0.2) is 64.6 Å². The van der Waals surface area contributed by atoms with Crippen LogP contribution in [0.15, 0.2) is 30.6 Å². The third-order valence-corrected chi connectivity index (χ3v) is 8.29. The average Bonchev–Trinajstić information content (AvgIpc) is 3.19. The monoisotopic (exact) mass is 497 g/mol. The Morgan fingerprint density at radius 3 is 2.49 bits per heavy atom. The molecule has 1 aromatic carbocycles. The normalized spacial score (nSPS) is 25.3. The van der Waals surface area contributed by atoms with E-state index in [1.807, 2.05) is 24.3 Å². The quantitative estimate of drug-likeness (QED) is 0.559. The van der Waals surface area contributed by atoms with Crippen molar-refractivity contribution in [2.75, 3.05) is 31.1 Å². The number of benzene rings is 1. The van der Waals surface area contributed by atoms with Crippen molar-refractivity contribution in [2.24, 2.45) is 0 Å². The van der Waals surface area contributed by atoms with E-state index in [0.29, 0.717) is 17.5 Å². The first-order valence-electron chi connectivity index (χ1n) is 13.0. The molecule has 1 saturated heterocycles. The Labute approximate surface area is 212 Å². The van der Waals surface area contributed by atoms with Crippen LogP contribution in [-0.2, 0) is 4.79 Å². The number of aliphatic hydroxyl groups is 1. The van der Waals surface area contributed by atoms with Gasteiger partial charge in [-0.2, -0.15) is 0 Å². The lowest BCUT2D eigenvalue weighted by Gasteiger charge is -2.44. The molecule has 2 fully saturated rings. The van der Waals surface area contributed by atoms with Gasteiger partial charge in [0.05, 0.1) is 23.9 Å². The Morgan fingerprint density at radius 1 is 1.09 bits per heavy atom. The number of aromatic nitrogens is 2. The molecule has 35 heavy (non-hydrogen) atoms. The number of halogens is 1. The highest BCUT2D eigenvalue weighted by atomic mass is 35.5. The van der Waals surface area contributed by atoms with Gasteiger partial charge in [-0.15, -0.1) is 0 Å². The summed E-state index contributed by atoms with van der Waals surface area (Å²) in [6.07, 6.45) is 8.93. The molecular weight excluding hydrogens is 462 g/mol. The largest absolute Gasteiger partial charge is 0.387 e. The van der Waals surface area contributed by atoms with E-state index in [0.717, 1.165) is 67.9 Å². The predicted molar refractivity (Wildman–Crippen MR) is 138 cm³/mol. The molecule has 2 heterocycles. The first-order valence-corrected chi connectivity index (χ1v) is 13.4. The number of rotatable bonds is 7. The van der Waals surface area contributed by atoms with E-state index in [1.54, 1.807) is 6.33 Å². The first-order chi connectivity index (χ1) is 17.0. The fraction of sp³-hybridized carbons (Fsp3) is 0.593. The number of hydrogen-bond donors (Lipinski definition) is 2. The number of nitrogens with one attached hydrogen (secondary N) is 1. The summed E-state index contributed by atoms with van der Waals surface area (Å²) < 4.78 is 0. The van der Waals surface area contributed by atoms with Gasteiger partial charge in [-0.1, -0.05) is 49.9 Å². The van der Waals surface area contributed by atoms with Crippen LogP contribution in [0.3, 0.4) is 0 Å². The number of aliphatic hydroxyl groups excluding tert-OH is 1. The van der Waals surface area contributed by atoms with Crippen LogP contribution in [0.2, 0.25) is 5.02 Å². The summed E-state index contributed by atoms with van der Waals surface area (Å²) in [5.74, 6) is 0.943. The third-order valence-electron chi connectivity index (χ3n) is 8.04. The molecule has 8 heteroatoms. The van der Waals surface area contributed by atoms with Crippen molar-refractivity contribution >= 4 is 23.7 Å². The summed E-state index contributed by atoms with van der Waals surface area (Å²) in [5.41, 5.74) is 2.87. The molecule has 0 radical (unpaired) electrons. The molecule has 2 aliphatic carbocycles. The van der Waals surface area contributed by atoms with Crippen molar-refractivity contribution < 1.29 is 9.90 Å². The summed E-state index contributed by atoms with van der Waals surface area (Å²) in [7, 11) is 0. The maximum atomic E-state index is 12.4. The lowest BCUT2D eigenvalue weighted by Crippen LogP contribution is -2.59. The summed E-state index contributed by atoms with van der Waals surface area (Å²) >= 11 is 6.13. The van der Waals surface area contributed by atoms with Crippen molar-refractivity contribution in [3.8, 4) is 0 Å². The number of aldehydes is 1. The molecule has 1 aromatic heterocycles. The second kappa shape index (κ2) is 10.9. The molecule has 2 aromatic rings. The molecule has 0 spiro atoms. The highest BCUT2D eigenvalue weighted by Gasteiger charge is 2.36. The second-order valence-corrected chi connectivity index (χ2v) is 10.8. The fourth-order valence-electron chi connectivity index (χ4n) is 6.13. The SMILES string of the molecule is C[C@@H]1C[C@@H](O)c2ncnc(N3CCN(C(NC4CCCCC4)C(C=O)c4ccc(Cl)cc4)CC3)c21. The molecule has 1 aliphatic heterocycles. The maximum Gasteiger partial charge on any atom is 0.135 e. The number of nitrogens with zero attached hydrogens (tertiary/aromatic N) is 4. The van der Waals surface area contributed by atoms with Crippen LogP contribution in [0.5, 0.6) is 0 Å². The third kappa shape index (κ3) is 5.24. The molecule has 4 atom stereocenters.